The van der Waals surface area contributed by atoms with Crippen molar-refractivity contribution in [3.8, 4) is 11.5 Å². The SMILES string of the molecule is COc1ccc(COC(=O)N/N=C(/C)CC(=O)Nc2cc3oc4ccccc4c3cc2OC)cc1. The van der Waals surface area contributed by atoms with Gasteiger partial charge in [0.1, 0.15) is 29.3 Å². The summed E-state index contributed by atoms with van der Waals surface area (Å²) in [5.41, 5.74) is 5.35. The Balaban J connectivity index is 1.34. The van der Waals surface area contributed by atoms with Gasteiger partial charge in [-0.1, -0.05) is 30.3 Å². The number of hydrazone groups is 1. The van der Waals surface area contributed by atoms with Crippen LogP contribution in [0.2, 0.25) is 0 Å². The second-order valence-corrected chi connectivity index (χ2v) is 7.75. The van der Waals surface area contributed by atoms with Crippen LogP contribution < -0.4 is 20.2 Å². The third-order valence-electron chi connectivity index (χ3n) is 5.26. The normalized spacial score (nSPS) is 11.3. The van der Waals surface area contributed by atoms with Crippen LogP contribution in [-0.2, 0) is 16.1 Å². The number of hydrogen-bond acceptors (Lipinski definition) is 7. The number of nitrogens with one attached hydrogen (secondary N) is 2. The van der Waals surface area contributed by atoms with Crippen LogP contribution in [0.4, 0.5) is 10.5 Å². The van der Waals surface area contributed by atoms with Gasteiger partial charge in [-0.25, -0.2) is 10.2 Å². The Morgan fingerprint density at radius 2 is 1.71 bits per heavy atom. The molecule has 0 saturated carbocycles. The molecule has 0 bridgehead atoms. The Kier molecular flexibility index (Phi) is 7.15. The predicted octanol–water partition coefficient (Wildman–Crippen LogP) is 5.23. The van der Waals surface area contributed by atoms with Gasteiger partial charge in [-0.05, 0) is 36.8 Å². The maximum absolute atomic E-state index is 12.6. The summed E-state index contributed by atoms with van der Waals surface area (Å²) in [5, 5.41) is 8.60. The Morgan fingerprint density at radius 3 is 2.46 bits per heavy atom. The van der Waals surface area contributed by atoms with Crippen LogP contribution in [0.25, 0.3) is 21.9 Å². The second kappa shape index (κ2) is 10.6. The number of fused-ring (bicyclic) bond motifs is 3. The average molecular weight is 476 g/mol. The zero-order valence-corrected chi connectivity index (χ0v) is 19.6. The average Bonchev–Trinajstić information content (AvgIpc) is 3.23. The highest BCUT2D eigenvalue weighted by atomic mass is 16.6. The molecule has 2 N–H and O–H groups in total. The zero-order chi connectivity index (χ0) is 24.8. The molecule has 0 fully saturated rings. The highest BCUT2D eigenvalue weighted by Crippen LogP contribution is 2.36. The summed E-state index contributed by atoms with van der Waals surface area (Å²) in [4.78, 5) is 24.5. The van der Waals surface area contributed by atoms with E-state index in [4.69, 9.17) is 18.6 Å². The summed E-state index contributed by atoms with van der Waals surface area (Å²) in [7, 11) is 3.11. The van der Waals surface area contributed by atoms with Gasteiger partial charge in [0.25, 0.3) is 0 Å². The molecular weight excluding hydrogens is 450 g/mol. The van der Waals surface area contributed by atoms with E-state index in [0.29, 0.717) is 28.5 Å². The van der Waals surface area contributed by atoms with Crippen LogP contribution in [0.5, 0.6) is 11.5 Å². The molecule has 0 aliphatic heterocycles. The van der Waals surface area contributed by atoms with Crippen molar-refractivity contribution in [1.29, 1.82) is 0 Å². The topological polar surface area (TPSA) is 111 Å². The maximum Gasteiger partial charge on any atom is 0.428 e. The third kappa shape index (κ3) is 5.70. The van der Waals surface area contributed by atoms with Crippen molar-refractivity contribution in [2.24, 2.45) is 5.10 Å². The van der Waals surface area contributed by atoms with Gasteiger partial charge in [0, 0.05) is 22.6 Å². The number of anilines is 1. The second-order valence-electron chi connectivity index (χ2n) is 7.75. The first-order chi connectivity index (χ1) is 17.0. The number of benzene rings is 3. The molecule has 0 aliphatic carbocycles. The van der Waals surface area contributed by atoms with Gasteiger partial charge < -0.3 is 23.9 Å². The minimum Gasteiger partial charge on any atom is -0.497 e. The van der Waals surface area contributed by atoms with Gasteiger partial charge in [0.15, 0.2) is 0 Å². The number of rotatable bonds is 8. The molecule has 0 unspecified atom stereocenters. The summed E-state index contributed by atoms with van der Waals surface area (Å²) in [5.74, 6) is 0.896. The molecule has 4 aromatic rings. The van der Waals surface area contributed by atoms with Crippen LogP contribution in [0, 0.1) is 0 Å². The fraction of sp³-hybridized carbons (Fsp3) is 0.192. The third-order valence-corrected chi connectivity index (χ3v) is 5.26. The van der Waals surface area contributed by atoms with E-state index in [1.54, 1.807) is 44.4 Å². The van der Waals surface area contributed by atoms with Crippen molar-refractivity contribution in [3.63, 3.8) is 0 Å². The molecule has 9 nitrogen and oxygen atoms in total. The lowest BCUT2D eigenvalue weighted by atomic mass is 10.1. The lowest BCUT2D eigenvalue weighted by Gasteiger charge is -2.10. The minimum atomic E-state index is -0.724. The molecule has 35 heavy (non-hydrogen) atoms. The van der Waals surface area contributed by atoms with E-state index in [1.165, 1.54) is 7.11 Å². The Hall–Kier alpha value is -4.53. The number of methoxy groups -OCH3 is 2. The number of amides is 2. The summed E-state index contributed by atoms with van der Waals surface area (Å²) < 4.78 is 21.6. The van der Waals surface area contributed by atoms with E-state index in [0.717, 1.165) is 21.9 Å². The standard InChI is InChI=1S/C26H25N3O6/c1-16(28-29-26(31)34-15-17-8-10-18(32-2)11-9-17)12-25(30)27-21-14-23-20(13-24(21)33-3)19-6-4-5-7-22(19)35-23/h4-11,13-14H,12,15H2,1-3H3,(H,27,30)(H,29,31)/b28-16-. The first-order valence-corrected chi connectivity index (χ1v) is 10.8. The molecule has 0 spiro atoms. The van der Waals surface area contributed by atoms with Crippen LogP contribution in [0.3, 0.4) is 0 Å². The predicted molar refractivity (Wildman–Crippen MR) is 133 cm³/mol. The summed E-state index contributed by atoms with van der Waals surface area (Å²) in [6.45, 7) is 1.71. The van der Waals surface area contributed by atoms with Crippen molar-refractivity contribution in [2.75, 3.05) is 19.5 Å². The number of hydrogen-bond donors (Lipinski definition) is 2. The molecule has 3 aromatic carbocycles. The van der Waals surface area contributed by atoms with Crippen LogP contribution in [-0.4, -0.2) is 31.9 Å². The number of ether oxygens (including phenoxy) is 3. The van der Waals surface area contributed by atoms with Crippen LogP contribution in [0.1, 0.15) is 18.9 Å². The van der Waals surface area contributed by atoms with E-state index in [-0.39, 0.29) is 18.9 Å². The lowest BCUT2D eigenvalue weighted by Crippen LogP contribution is -2.22. The first kappa shape index (κ1) is 23.6. The summed E-state index contributed by atoms with van der Waals surface area (Å²) >= 11 is 0. The molecule has 0 aliphatic rings. The van der Waals surface area contributed by atoms with E-state index in [9.17, 15) is 9.59 Å². The van der Waals surface area contributed by atoms with E-state index < -0.39 is 6.09 Å². The molecular formula is C26H25N3O6. The molecule has 180 valence electrons. The molecule has 1 aromatic heterocycles. The summed E-state index contributed by atoms with van der Waals surface area (Å²) in [6.07, 6.45) is -0.766. The van der Waals surface area contributed by atoms with Gasteiger partial charge in [-0.3, -0.25) is 4.79 Å². The van der Waals surface area contributed by atoms with E-state index >= 15 is 0 Å². The van der Waals surface area contributed by atoms with Gasteiger partial charge in [-0.15, -0.1) is 0 Å². The molecule has 2 amide bonds. The Labute approximate surface area is 201 Å². The lowest BCUT2D eigenvalue weighted by molar-refractivity contribution is -0.115. The van der Waals surface area contributed by atoms with Gasteiger partial charge >= 0.3 is 6.09 Å². The number of nitrogens with zero attached hydrogens (tertiary/aromatic N) is 1. The fourth-order valence-corrected chi connectivity index (χ4v) is 3.53. The Morgan fingerprint density at radius 1 is 0.943 bits per heavy atom. The monoisotopic (exact) mass is 475 g/mol. The Bertz CT molecular complexity index is 1390. The molecule has 1 heterocycles. The van der Waals surface area contributed by atoms with E-state index in [1.807, 2.05) is 30.3 Å². The fourth-order valence-electron chi connectivity index (χ4n) is 3.53. The van der Waals surface area contributed by atoms with Crippen molar-refractivity contribution in [2.45, 2.75) is 20.0 Å². The smallest absolute Gasteiger partial charge is 0.428 e. The molecule has 0 saturated heterocycles. The van der Waals surface area contributed by atoms with Crippen LogP contribution in [0.15, 0.2) is 70.2 Å². The quantitative estimate of drug-likeness (QED) is 0.266. The van der Waals surface area contributed by atoms with Gasteiger partial charge in [0.2, 0.25) is 5.91 Å². The highest BCUT2D eigenvalue weighted by Gasteiger charge is 2.15. The molecule has 0 radical (unpaired) electrons. The van der Waals surface area contributed by atoms with Crippen molar-refractivity contribution in [3.05, 3.63) is 66.2 Å². The minimum absolute atomic E-state index is 0.0416. The number of carbonyl (C=O) groups is 2. The largest absolute Gasteiger partial charge is 0.497 e. The number of para-hydroxylation sites is 1. The summed E-state index contributed by atoms with van der Waals surface area (Å²) in [6, 6.07) is 18.4. The maximum atomic E-state index is 12.6. The van der Waals surface area contributed by atoms with Crippen molar-refractivity contribution in [1.82, 2.24) is 5.43 Å². The number of furan rings is 1. The molecule has 0 atom stereocenters. The van der Waals surface area contributed by atoms with Gasteiger partial charge in [0.05, 0.1) is 26.3 Å². The highest BCUT2D eigenvalue weighted by molar-refractivity contribution is 6.10. The van der Waals surface area contributed by atoms with E-state index in [2.05, 4.69) is 15.8 Å². The van der Waals surface area contributed by atoms with Crippen LogP contribution >= 0.6 is 0 Å². The van der Waals surface area contributed by atoms with Crippen molar-refractivity contribution >= 4 is 45.3 Å². The van der Waals surface area contributed by atoms with Crippen molar-refractivity contribution < 1.29 is 28.2 Å². The molecule has 4 rings (SSSR count). The van der Waals surface area contributed by atoms with Gasteiger partial charge in [-0.2, -0.15) is 5.10 Å². The molecule has 9 heteroatoms. The number of carbonyl (C=O) groups excluding carboxylic acids is 2. The zero-order valence-electron chi connectivity index (χ0n) is 19.6. The first-order valence-electron chi connectivity index (χ1n) is 10.8.